The summed E-state index contributed by atoms with van der Waals surface area (Å²) in [4.78, 5) is 3.97. The van der Waals surface area contributed by atoms with Gasteiger partial charge in [0.25, 0.3) is 5.12 Å². The van der Waals surface area contributed by atoms with E-state index in [1.165, 1.54) is 6.20 Å². The number of hydrogen-bond donors (Lipinski definition) is 3. The molecule has 2 rings (SSSR count). The molecular formula is C13H18N4O2S. The highest BCUT2D eigenvalue weighted by molar-refractivity contribution is 7.93. The maximum Gasteiger partial charge on any atom is 0.289 e. The largest absolute Gasteiger partial charge is 0.383 e. The first-order valence-electron chi connectivity index (χ1n) is 6.19. The minimum atomic E-state index is -3.68. The van der Waals surface area contributed by atoms with Crippen LogP contribution in [0.25, 0.3) is 5.57 Å². The average Bonchev–Trinajstić information content (AvgIpc) is 2.39. The van der Waals surface area contributed by atoms with Gasteiger partial charge in [-0.3, -0.25) is 5.73 Å². The Labute approximate surface area is 118 Å². The van der Waals surface area contributed by atoms with Crippen LogP contribution in [-0.2, 0) is 9.84 Å². The molecule has 7 heteroatoms. The summed E-state index contributed by atoms with van der Waals surface area (Å²) < 4.78 is 24.4. The van der Waals surface area contributed by atoms with E-state index in [0.717, 1.165) is 5.56 Å². The Hall–Kier alpha value is -1.86. The van der Waals surface area contributed by atoms with Crippen molar-refractivity contribution in [1.29, 1.82) is 0 Å². The number of nitrogens with zero attached hydrogens (tertiary/aromatic N) is 1. The van der Waals surface area contributed by atoms with Gasteiger partial charge in [0.15, 0.2) is 0 Å². The SMILES string of the molecule is CC(C)S(=O)(=O)C1(N)N=C(N)C(c2ccccc2)=CN1. The van der Waals surface area contributed by atoms with E-state index in [1.54, 1.807) is 13.8 Å². The maximum atomic E-state index is 12.2. The third kappa shape index (κ3) is 2.30. The monoisotopic (exact) mass is 294 g/mol. The zero-order valence-corrected chi connectivity index (χ0v) is 12.2. The Morgan fingerprint density at radius 2 is 1.85 bits per heavy atom. The van der Waals surface area contributed by atoms with Crippen molar-refractivity contribution in [3.05, 3.63) is 42.1 Å². The van der Waals surface area contributed by atoms with E-state index in [-0.39, 0.29) is 5.84 Å². The molecule has 1 aromatic rings. The van der Waals surface area contributed by atoms with E-state index in [0.29, 0.717) is 5.57 Å². The second-order valence-corrected chi connectivity index (χ2v) is 7.51. The number of sulfone groups is 1. The summed E-state index contributed by atoms with van der Waals surface area (Å²) in [5, 5.41) is 0.0795. The molecular weight excluding hydrogens is 276 g/mol. The Kier molecular flexibility index (Phi) is 3.58. The molecule has 1 unspecified atom stereocenters. The number of aliphatic imine (C=N–C) groups is 1. The van der Waals surface area contributed by atoms with Crippen LogP contribution >= 0.6 is 0 Å². The molecule has 1 aromatic carbocycles. The van der Waals surface area contributed by atoms with Crippen molar-refractivity contribution in [2.24, 2.45) is 16.5 Å². The lowest BCUT2D eigenvalue weighted by Gasteiger charge is -2.31. The number of nitrogens with one attached hydrogen (secondary N) is 1. The molecule has 6 nitrogen and oxygen atoms in total. The van der Waals surface area contributed by atoms with Crippen LogP contribution in [0.2, 0.25) is 0 Å². The maximum absolute atomic E-state index is 12.2. The molecule has 0 saturated carbocycles. The molecule has 1 atom stereocenters. The van der Waals surface area contributed by atoms with Crippen LogP contribution in [0.15, 0.2) is 41.5 Å². The van der Waals surface area contributed by atoms with Gasteiger partial charge in [-0.25, -0.2) is 13.4 Å². The van der Waals surface area contributed by atoms with Gasteiger partial charge < -0.3 is 11.1 Å². The zero-order valence-electron chi connectivity index (χ0n) is 11.4. The summed E-state index contributed by atoms with van der Waals surface area (Å²) in [6, 6.07) is 9.31. The molecule has 5 N–H and O–H groups in total. The number of nitrogens with two attached hydrogens (primary N) is 2. The van der Waals surface area contributed by atoms with Crippen LogP contribution in [0, 0.1) is 0 Å². The minimum absolute atomic E-state index is 0.0988. The number of benzene rings is 1. The predicted molar refractivity (Wildman–Crippen MR) is 80.2 cm³/mol. The van der Waals surface area contributed by atoms with Crippen LogP contribution in [-0.4, -0.2) is 24.6 Å². The molecule has 0 saturated heterocycles. The van der Waals surface area contributed by atoms with Gasteiger partial charge in [-0.15, -0.1) is 0 Å². The van der Waals surface area contributed by atoms with Crippen LogP contribution in [0.3, 0.4) is 0 Å². The topological polar surface area (TPSA) is 111 Å². The summed E-state index contributed by atoms with van der Waals surface area (Å²) >= 11 is 0. The quantitative estimate of drug-likeness (QED) is 0.746. The second-order valence-electron chi connectivity index (χ2n) is 4.86. The zero-order chi connectivity index (χ0) is 15.0. The number of amidine groups is 1. The van der Waals surface area contributed by atoms with Gasteiger partial charge in [0.2, 0.25) is 9.84 Å². The lowest BCUT2D eigenvalue weighted by atomic mass is 10.1. The van der Waals surface area contributed by atoms with Crippen molar-refractivity contribution in [2.75, 3.05) is 0 Å². The first-order valence-corrected chi connectivity index (χ1v) is 7.74. The highest BCUT2D eigenvalue weighted by Crippen LogP contribution is 2.23. The van der Waals surface area contributed by atoms with Gasteiger partial charge in [0.05, 0.1) is 5.25 Å². The molecule has 0 radical (unpaired) electrons. The fourth-order valence-electron chi connectivity index (χ4n) is 1.87. The molecule has 1 aliphatic heterocycles. The highest BCUT2D eigenvalue weighted by atomic mass is 32.2. The molecule has 1 heterocycles. The molecule has 0 bridgehead atoms. The minimum Gasteiger partial charge on any atom is -0.383 e. The van der Waals surface area contributed by atoms with E-state index in [1.807, 2.05) is 30.3 Å². The van der Waals surface area contributed by atoms with Gasteiger partial charge in [-0.2, -0.15) is 0 Å². The first kappa shape index (κ1) is 14.5. The summed E-state index contributed by atoms with van der Waals surface area (Å²) in [5.74, 6) is 0.0988. The van der Waals surface area contributed by atoms with E-state index in [9.17, 15) is 8.42 Å². The van der Waals surface area contributed by atoms with E-state index in [2.05, 4.69) is 10.3 Å². The number of rotatable bonds is 3. The lowest BCUT2D eigenvalue weighted by molar-refractivity contribution is 0.485. The van der Waals surface area contributed by atoms with Crippen molar-refractivity contribution >= 4 is 21.2 Å². The molecule has 0 spiro atoms. The van der Waals surface area contributed by atoms with Gasteiger partial charge >= 0.3 is 0 Å². The van der Waals surface area contributed by atoms with Crippen LogP contribution in [0.1, 0.15) is 19.4 Å². The fraction of sp³-hybridized carbons (Fsp3) is 0.308. The summed E-state index contributed by atoms with van der Waals surface area (Å²) in [6.45, 7) is 3.10. The molecule has 0 aromatic heterocycles. The molecule has 20 heavy (non-hydrogen) atoms. The third-order valence-corrected chi connectivity index (χ3v) is 5.44. The van der Waals surface area contributed by atoms with E-state index >= 15 is 0 Å². The normalized spacial score (nSPS) is 23.0. The standard InChI is InChI=1S/C13H18N4O2S/c1-9(2)20(18,19)13(15)16-8-11(12(14)17-13)10-6-4-3-5-7-10/h3-9,16H,15H2,1-2H3,(H2,14,17). The average molecular weight is 294 g/mol. The van der Waals surface area contributed by atoms with Crippen LogP contribution in [0.5, 0.6) is 0 Å². The molecule has 0 fully saturated rings. The van der Waals surface area contributed by atoms with Gasteiger partial charge in [0, 0.05) is 11.8 Å². The Bertz CT molecular complexity index is 665. The smallest absolute Gasteiger partial charge is 0.289 e. The molecule has 0 amide bonds. The van der Waals surface area contributed by atoms with Crippen LogP contribution in [0.4, 0.5) is 0 Å². The first-order chi connectivity index (χ1) is 9.28. The van der Waals surface area contributed by atoms with Gasteiger partial charge in [0.1, 0.15) is 5.84 Å². The summed E-state index contributed by atoms with van der Waals surface area (Å²) in [7, 11) is -3.68. The lowest BCUT2D eigenvalue weighted by Crippen LogP contribution is -2.60. The van der Waals surface area contributed by atoms with Crippen molar-refractivity contribution in [2.45, 2.75) is 24.2 Å². The molecule has 0 aliphatic carbocycles. The Morgan fingerprint density at radius 1 is 1.25 bits per heavy atom. The van der Waals surface area contributed by atoms with E-state index < -0.39 is 20.2 Å². The second kappa shape index (κ2) is 4.92. The van der Waals surface area contributed by atoms with Crippen LogP contribution < -0.4 is 16.8 Å². The van der Waals surface area contributed by atoms with Crippen molar-refractivity contribution in [3.63, 3.8) is 0 Å². The molecule has 108 valence electrons. The van der Waals surface area contributed by atoms with Gasteiger partial charge in [-0.1, -0.05) is 30.3 Å². The molecule has 1 aliphatic rings. The Morgan fingerprint density at radius 3 is 2.35 bits per heavy atom. The van der Waals surface area contributed by atoms with Gasteiger partial charge in [-0.05, 0) is 19.4 Å². The fourth-order valence-corrected chi connectivity index (χ4v) is 3.04. The van der Waals surface area contributed by atoms with Crippen molar-refractivity contribution in [1.82, 2.24) is 5.32 Å². The summed E-state index contributed by atoms with van der Waals surface area (Å²) in [6.07, 6.45) is 1.50. The highest BCUT2D eigenvalue weighted by Gasteiger charge is 2.43. The van der Waals surface area contributed by atoms with E-state index in [4.69, 9.17) is 11.5 Å². The summed E-state index contributed by atoms with van der Waals surface area (Å²) in [5.41, 5.74) is 13.2. The Balaban J connectivity index is 2.40. The number of hydrogen-bond acceptors (Lipinski definition) is 6. The third-order valence-electron chi connectivity index (χ3n) is 3.12. The van der Waals surface area contributed by atoms with Crippen molar-refractivity contribution in [3.8, 4) is 0 Å². The predicted octanol–water partition coefficient (Wildman–Crippen LogP) is 0.381. The van der Waals surface area contributed by atoms with Crippen molar-refractivity contribution < 1.29 is 8.42 Å².